The lowest BCUT2D eigenvalue weighted by atomic mass is 10.5. The highest BCUT2D eigenvalue weighted by atomic mass is 16.4. The Morgan fingerprint density at radius 3 is 2.72 bits per heavy atom. The molecule has 1 heterocycles. The first-order chi connectivity index (χ1) is 8.58. The molecule has 0 saturated heterocycles. The molecule has 0 aliphatic heterocycles. The monoisotopic (exact) mass is 253 g/mol. The van der Waals surface area contributed by atoms with Gasteiger partial charge in [-0.1, -0.05) is 5.21 Å². The highest BCUT2D eigenvalue weighted by Gasteiger charge is 2.04. The first-order valence-electron chi connectivity index (χ1n) is 4.92. The number of urea groups is 1. The molecule has 0 bridgehead atoms. The molecule has 0 spiro atoms. The zero-order valence-electron chi connectivity index (χ0n) is 9.24. The Kier molecular flexibility index (Phi) is 5.03. The quantitative estimate of drug-likeness (QED) is 0.562. The molecule has 1 aromatic rings. The fourth-order valence-electron chi connectivity index (χ4n) is 0.981. The SMILES string of the molecule is O=C(O)/C=C/C(=O)NC(=O)NCCn1ccnn1. The Morgan fingerprint density at radius 2 is 2.11 bits per heavy atom. The molecule has 3 N–H and O–H groups in total. The number of imide groups is 1. The molecule has 9 heteroatoms. The molecule has 0 atom stereocenters. The van der Waals surface area contributed by atoms with Crippen LogP contribution in [0.25, 0.3) is 0 Å². The molecular weight excluding hydrogens is 242 g/mol. The highest BCUT2D eigenvalue weighted by Crippen LogP contribution is 1.79. The van der Waals surface area contributed by atoms with Gasteiger partial charge in [0.1, 0.15) is 0 Å². The van der Waals surface area contributed by atoms with E-state index >= 15 is 0 Å². The number of carboxylic acid groups (broad SMARTS) is 1. The van der Waals surface area contributed by atoms with Crippen LogP contribution in [0.4, 0.5) is 4.79 Å². The summed E-state index contributed by atoms with van der Waals surface area (Å²) in [6, 6.07) is -0.713. The maximum atomic E-state index is 11.2. The topological polar surface area (TPSA) is 126 Å². The van der Waals surface area contributed by atoms with E-state index in [0.29, 0.717) is 12.6 Å². The number of amides is 3. The van der Waals surface area contributed by atoms with Gasteiger partial charge in [0.05, 0.1) is 12.7 Å². The van der Waals surface area contributed by atoms with Gasteiger partial charge in [0, 0.05) is 24.9 Å². The van der Waals surface area contributed by atoms with E-state index in [1.54, 1.807) is 6.20 Å². The number of hydrogen-bond acceptors (Lipinski definition) is 5. The summed E-state index contributed by atoms with van der Waals surface area (Å²) in [6.45, 7) is 0.664. The Morgan fingerprint density at radius 1 is 1.33 bits per heavy atom. The average molecular weight is 253 g/mol. The minimum atomic E-state index is -1.27. The van der Waals surface area contributed by atoms with E-state index in [0.717, 1.165) is 6.08 Å². The van der Waals surface area contributed by atoms with E-state index in [9.17, 15) is 14.4 Å². The van der Waals surface area contributed by atoms with Crippen LogP contribution in [0.1, 0.15) is 0 Å². The molecule has 1 aromatic heterocycles. The van der Waals surface area contributed by atoms with E-state index < -0.39 is 17.9 Å². The Hall–Kier alpha value is -2.71. The lowest BCUT2D eigenvalue weighted by Gasteiger charge is -2.04. The van der Waals surface area contributed by atoms with Gasteiger partial charge in [-0.2, -0.15) is 0 Å². The summed E-state index contributed by atoms with van der Waals surface area (Å²) in [7, 11) is 0. The van der Waals surface area contributed by atoms with Crippen LogP contribution in [-0.2, 0) is 16.1 Å². The van der Waals surface area contributed by atoms with Crippen LogP contribution in [0, 0.1) is 0 Å². The fraction of sp³-hybridized carbons (Fsp3) is 0.222. The number of nitrogens with zero attached hydrogens (tertiary/aromatic N) is 3. The summed E-state index contributed by atoms with van der Waals surface area (Å²) in [5.41, 5.74) is 0. The third kappa shape index (κ3) is 5.39. The first-order valence-corrected chi connectivity index (χ1v) is 4.92. The second-order valence-electron chi connectivity index (χ2n) is 3.08. The van der Waals surface area contributed by atoms with Gasteiger partial charge in [-0.25, -0.2) is 9.59 Å². The van der Waals surface area contributed by atoms with Crippen LogP contribution < -0.4 is 10.6 Å². The van der Waals surface area contributed by atoms with Gasteiger partial charge < -0.3 is 10.4 Å². The van der Waals surface area contributed by atoms with Crippen molar-refractivity contribution in [2.45, 2.75) is 6.54 Å². The maximum Gasteiger partial charge on any atom is 0.328 e. The second kappa shape index (κ2) is 6.78. The van der Waals surface area contributed by atoms with Gasteiger partial charge in [0.25, 0.3) is 5.91 Å². The highest BCUT2D eigenvalue weighted by molar-refractivity contribution is 6.02. The number of carboxylic acids is 1. The van der Waals surface area contributed by atoms with Gasteiger partial charge in [-0.05, 0) is 0 Å². The summed E-state index contributed by atoms with van der Waals surface area (Å²) in [5.74, 6) is -2.08. The minimum Gasteiger partial charge on any atom is -0.478 e. The van der Waals surface area contributed by atoms with E-state index in [4.69, 9.17) is 5.11 Å². The lowest BCUT2D eigenvalue weighted by molar-refractivity contribution is -0.131. The second-order valence-corrected chi connectivity index (χ2v) is 3.08. The van der Waals surface area contributed by atoms with Crippen molar-refractivity contribution in [3.05, 3.63) is 24.5 Å². The number of nitrogens with one attached hydrogen (secondary N) is 2. The lowest BCUT2D eigenvalue weighted by Crippen LogP contribution is -2.40. The molecule has 1 rings (SSSR count). The molecule has 9 nitrogen and oxygen atoms in total. The molecule has 0 fully saturated rings. The standard InChI is InChI=1S/C9H11N5O4/c15-7(1-2-8(16)17)12-9(18)10-3-5-14-6-4-11-13-14/h1-2,4,6H,3,5H2,(H,16,17)(H2,10,12,15,18)/b2-1+. The van der Waals surface area contributed by atoms with Crippen molar-refractivity contribution in [3.63, 3.8) is 0 Å². The van der Waals surface area contributed by atoms with Crippen LogP contribution in [0.15, 0.2) is 24.5 Å². The summed E-state index contributed by atoms with van der Waals surface area (Å²) in [4.78, 5) is 32.3. The molecule has 0 unspecified atom stereocenters. The number of hydrogen-bond donors (Lipinski definition) is 3. The van der Waals surface area contributed by atoms with Gasteiger partial charge >= 0.3 is 12.0 Å². The van der Waals surface area contributed by atoms with Crippen LogP contribution in [0.5, 0.6) is 0 Å². The molecule has 0 aliphatic rings. The molecule has 0 radical (unpaired) electrons. The maximum absolute atomic E-state index is 11.2. The molecule has 96 valence electrons. The third-order valence-corrected chi connectivity index (χ3v) is 1.71. The Labute approximate surface area is 101 Å². The van der Waals surface area contributed by atoms with Crippen molar-refractivity contribution in [2.24, 2.45) is 0 Å². The van der Waals surface area contributed by atoms with Crippen molar-refractivity contribution < 1.29 is 19.5 Å². The van der Waals surface area contributed by atoms with Crippen molar-refractivity contribution in [2.75, 3.05) is 6.54 Å². The number of rotatable bonds is 5. The zero-order valence-corrected chi connectivity index (χ0v) is 9.24. The number of carbonyl (C=O) groups excluding carboxylic acids is 2. The van der Waals surface area contributed by atoms with Gasteiger partial charge in [-0.15, -0.1) is 5.10 Å². The van der Waals surface area contributed by atoms with Crippen LogP contribution >= 0.6 is 0 Å². The smallest absolute Gasteiger partial charge is 0.328 e. The number of aromatic nitrogens is 3. The molecule has 0 saturated carbocycles. The predicted molar refractivity (Wildman–Crippen MR) is 58.3 cm³/mol. The molecular formula is C9H11N5O4. The van der Waals surface area contributed by atoms with Gasteiger partial charge in [0.2, 0.25) is 0 Å². The van der Waals surface area contributed by atoms with E-state index in [-0.39, 0.29) is 6.54 Å². The number of carbonyl (C=O) groups is 3. The average Bonchev–Trinajstić information content (AvgIpc) is 2.79. The predicted octanol–water partition coefficient (Wildman–Crippen LogP) is -1.26. The molecule has 18 heavy (non-hydrogen) atoms. The fourth-order valence-corrected chi connectivity index (χ4v) is 0.981. The Bertz CT molecular complexity index is 454. The largest absolute Gasteiger partial charge is 0.478 e. The number of aliphatic carboxylic acids is 1. The zero-order chi connectivity index (χ0) is 13.4. The van der Waals surface area contributed by atoms with Crippen molar-refractivity contribution >= 4 is 17.9 Å². The Balaban J connectivity index is 2.21. The third-order valence-electron chi connectivity index (χ3n) is 1.71. The molecule has 3 amide bonds. The first kappa shape index (κ1) is 13.4. The summed E-state index contributed by atoms with van der Waals surface area (Å²) in [6.07, 6.45) is 4.51. The van der Waals surface area contributed by atoms with Crippen LogP contribution in [0.3, 0.4) is 0 Å². The summed E-state index contributed by atoms with van der Waals surface area (Å²) < 4.78 is 1.51. The van der Waals surface area contributed by atoms with E-state index in [1.807, 2.05) is 5.32 Å². The van der Waals surface area contributed by atoms with E-state index in [1.165, 1.54) is 10.9 Å². The summed E-state index contributed by atoms with van der Waals surface area (Å²) >= 11 is 0. The normalized spacial score (nSPS) is 10.2. The van der Waals surface area contributed by atoms with Crippen molar-refractivity contribution in [3.8, 4) is 0 Å². The van der Waals surface area contributed by atoms with Crippen molar-refractivity contribution in [1.29, 1.82) is 0 Å². The van der Waals surface area contributed by atoms with Crippen LogP contribution in [-0.4, -0.2) is 44.6 Å². The molecule has 0 aromatic carbocycles. The molecule has 0 aliphatic carbocycles. The van der Waals surface area contributed by atoms with Gasteiger partial charge in [-0.3, -0.25) is 14.8 Å². The van der Waals surface area contributed by atoms with Gasteiger partial charge in [0.15, 0.2) is 0 Å². The summed E-state index contributed by atoms with van der Waals surface area (Å²) in [5, 5.41) is 19.8. The van der Waals surface area contributed by atoms with E-state index in [2.05, 4.69) is 15.6 Å². The van der Waals surface area contributed by atoms with Crippen LogP contribution in [0.2, 0.25) is 0 Å². The minimum absolute atomic E-state index is 0.255. The van der Waals surface area contributed by atoms with Crippen molar-refractivity contribution in [1.82, 2.24) is 25.6 Å².